The van der Waals surface area contributed by atoms with E-state index in [0.29, 0.717) is 11.8 Å². The van der Waals surface area contributed by atoms with Crippen molar-refractivity contribution in [3.05, 3.63) is 60.6 Å². The molecule has 3 fully saturated rings. The molecule has 7 rings (SSSR count). The first-order chi connectivity index (χ1) is 17.5. The molecule has 3 aromatic rings. The van der Waals surface area contributed by atoms with Crippen LogP contribution in [-0.2, 0) is 11.8 Å². The summed E-state index contributed by atoms with van der Waals surface area (Å²) in [5.74, 6) is 1.84. The lowest BCUT2D eigenvalue weighted by Gasteiger charge is -2.42. The fourth-order valence-electron chi connectivity index (χ4n) is 5.48. The Morgan fingerprint density at radius 1 is 1.00 bits per heavy atom. The van der Waals surface area contributed by atoms with Gasteiger partial charge in [-0.05, 0) is 31.7 Å². The number of carbonyl (C=O) groups excluding carboxylic acids is 1. The highest BCUT2D eigenvalue weighted by Crippen LogP contribution is 2.49. The van der Waals surface area contributed by atoms with E-state index in [2.05, 4.69) is 45.3 Å². The zero-order chi connectivity index (χ0) is 24.4. The second-order valence-corrected chi connectivity index (χ2v) is 10.9. The average molecular weight is 483 g/mol. The van der Waals surface area contributed by atoms with Crippen LogP contribution in [0.2, 0.25) is 0 Å². The molecule has 36 heavy (non-hydrogen) atoms. The number of pyridine rings is 1. The monoisotopic (exact) mass is 482 g/mol. The van der Waals surface area contributed by atoms with Gasteiger partial charge >= 0.3 is 0 Å². The van der Waals surface area contributed by atoms with Crippen molar-refractivity contribution in [2.75, 3.05) is 19.6 Å². The van der Waals surface area contributed by atoms with Crippen LogP contribution in [0.15, 0.2) is 60.0 Å². The first kappa shape index (κ1) is 21.7. The molecular formula is C28H30N6O2. The van der Waals surface area contributed by atoms with Gasteiger partial charge in [0.05, 0.1) is 11.9 Å². The van der Waals surface area contributed by atoms with Gasteiger partial charge in [-0.15, -0.1) is 0 Å². The molecule has 2 aliphatic carbocycles. The third kappa shape index (κ3) is 3.71. The van der Waals surface area contributed by atoms with E-state index < -0.39 is 6.23 Å². The number of aromatic nitrogens is 3. The van der Waals surface area contributed by atoms with E-state index >= 15 is 0 Å². The number of aliphatic hydroxyl groups excluding tert-OH is 1. The van der Waals surface area contributed by atoms with Crippen LogP contribution in [0, 0.1) is 11.8 Å². The number of hydrogen-bond acceptors (Lipinski definition) is 6. The lowest BCUT2D eigenvalue weighted by Crippen LogP contribution is -2.56. The van der Waals surface area contributed by atoms with Crippen LogP contribution in [-0.4, -0.2) is 72.8 Å². The Labute approximate surface area is 210 Å². The molecule has 1 saturated heterocycles. The Balaban J connectivity index is 1.07. The van der Waals surface area contributed by atoms with E-state index in [9.17, 15) is 9.90 Å². The molecule has 0 radical (unpaired) electrons. The molecule has 2 aliphatic heterocycles. The highest BCUT2D eigenvalue weighted by atomic mass is 16.3. The van der Waals surface area contributed by atoms with Crippen molar-refractivity contribution in [1.82, 2.24) is 24.6 Å². The van der Waals surface area contributed by atoms with Gasteiger partial charge in [0.2, 0.25) is 5.91 Å². The smallest absolute Gasteiger partial charge is 0.225 e. The number of aliphatic hydroxyl groups is 1. The summed E-state index contributed by atoms with van der Waals surface area (Å²) in [6, 6.07) is 12.4. The molecule has 2 aromatic heterocycles. The molecule has 1 spiro atoms. The maximum absolute atomic E-state index is 12.3. The number of nitrogens with zero attached hydrogens (tertiary/aromatic N) is 6. The molecule has 184 valence electrons. The van der Waals surface area contributed by atoms with Gasteiger partial charge in [-0.25, -0.2) is 0 Å². The molecule has 1 amide bonds. The first-order valence-corrected chi connectivity index (χ1v) is 12.9. The lowest BCUT2D eigenvalue weighted by molar-refractivity contribution is -0.139. The van der Waals surface area contributed by atoms with Crippen LogP contribution in [0.3, 0.4) is 0 Å². The molecule has 4 heterocycles. The Kier molecular flexibility index (Phi) is 4.83. The maximum Gasteiger partial charge on any atom is 0.225 e. The normalized spacial score (nSPS) is 22.6. The molecule has 1 N–H and O–H groups in total. The zero-order valence-electron chi connectivity index (χ0n) is 20.4. The van der Waals surface area contributed by atoms with Gasteiger partial charge in [-0.2, -0.15) is 5.10 Å². The van der Waals surface area contributed by atoms with Crippen molar-refractivity contribution in [2.24, 2.45) is 23.9 Å². The van der Waals surface area contributed by atoms with Crippen LogP contribution in [0.4, 0.5) is 0 Å². The van der Waals surface area contributed by atoms with E-state index in [-0.39, 0.29) is 11.5 Å². The fourth-order valence-corrected chi connectivity index (χ4v) is 5.48. The highest BCUT2D eigenvalue weighted by molar-refractivity contribution is 6.01. The second-order valence-electron chi connectivity index (χ2n) is 10.9. The topological polar surface area (TPSA) is 86.9 Å². The summed E-state index contributed by atoms with van der Waals surface area (Å²) in [5, 5.41) is 15.4. The van der Waals surface area contributed by atoms with Crippen molar-refractivity contribution in [2.45, 2.75) is 37.5 Å². The van der Waals surface area contributed by atoms with E-state index in [1.807, 2.05) is 36.6 Å². The summed E-state index contributed by atoms with van der Waals surface area (Å²) in [6.07, 6.45) is 9.06. The summed E-state index contributed by atoms with van der Waals surface area (Å²) in [5.41, 5.74) is 4.70. The quantitative estimate of drug-likeness (QED) is 0.584. The number of carbonyl (C=O) groups is 1. The van der Waals surface area contributed by atoms with Gasteiger partial charge in [0, 0.05) is 73.2 Å². The maximum atomic E-state index is 12.3. The average Bonchev–Trinajstić information content (AvgIpc) is 3.79. The van der Waals surface area contributed by atoms with Crippen LogP contribution >= 0.6 is 0 Å². The Morgan fingerprint density at radius 2 is 1.72 bits per heavy atom. The lowest BCUT2D eigenvalue weighted by atomic mass is 9.97. The molecule has 1 unspecified atom stereocenters. The molecule has 2 saturated carbocycles. The van der Waals surface area contributed by atoms with Gasteiger partial charge in [-0.1, -0.05) is 30.3 Å². The van der Waals surface area contributed by atoms with Gasteiger partial charge in [0.1, 0.15) is 11.4 Å². The second kappa shape index (κ2) is 8.00. The van der Waals surface area contributed by atoms with Crippen LogP contribution in [0.25, 0.3) is 22.4 Å². The molecule has 8 heteroatoms. The number of benzene rings is 1. The molecule has 8 nitrogen and oxygen atoms in total. The van der Waals surface area contributed by atoms with E-state index in [4.69, 9.17) is 4.99 Å². The minimum absolute atomic E-state index is 0.273. The van der Waals surface area contributed by atoms with Crippen molar-refractivity contribution in [3.8, 4) is 22.4 Å². The summed E-state index contributed by atoms with van der Waals surface area (Å²) in [6.45, 7) is 2.31. The van der Waals surface area contributed by atoms with Gasteiger partial charge in [0.25, 0.3) is 0 Å². The number of hydrogen-bond donors (Lipinski definition) is 1. The predicted octanol–water partition coefficient (Wildman–Crippen LogP) is 2.93. The SMILES string of the molecule is Cn1cc(-c2ccc(-c3ccc(C4=NC5(CC5)C(O)N4CC4CN(C(=O)C5CC5)C4)cc3)nc2)cn1. The Morgan fingerprint density at radius 3 is 2.33 bits per heavy atom. The minimum atomic E-state index is -0.581. The van der Waals surface area contributed by atoms with E-state index in [1.165, 1.54) is 0 Å². The van der Waals surface area contributed by atoms with E-state index in [1.54, 1.807) is 4.68 Å². The van der Waals surface area contributed by atoms with Crippen LogP contribution in [0.1, 0.15) is 31.2 Å². The number of aliphatic imine (C=N–C) groups is 1. The van der Waals surface area contributed by atoms with Gasteiger partial charge in [-0.3, -0.25) is 19.5 Å². The number of likely N-dealkylation sites (tertiary alicyclic amines) is 1. The van der Waals surface area contributed by atoms with Crippen molar-refractivity contribution in [3.63, 3.8) is 0 Å². The molecule has 0 bridgehead atoms. The van der Waals surface area contributed by atoms with Crippen molar-refractivity contribution < 1.29 is 9.90 Å². The largest absolute Gasteiger partial charge is 0.371 e. The van der Waals surface area contributed by atoms with Crippen molar-refractivity contribution >= 4 is 11.7 Å². The Hall–Kier alpha value is -3.52. The molecule has 4 aliphatic rings. The summed E-state index contributed by atoms with van der Waals surface area (Å²) >= 11 is 0. The van der Waals surface area contributed by atoms with Crippen molar-refractivity contribution in [1.29, 1.82) is 0 Å². The van der Waals surface area contributed by atoms with Gasteiger partial charge < -0.3 is 14.9 Å². The van der Waals surface area contributed by atoms with Crippen LogP contribution < -0.4 is 0 Å². The highest BCUT2D eigenvalue weighted by Gasteiger charge is 2.57. The van der Waals surface area contributed by atoms with E-state index in [0.717, 1.165) is 79.1 Å². The number of rotatable bonds is 6. The zero-order valence-corrected chi connectivity index (χ0v) is 20.4. The first-order valence-electron chi connectivity index (χ1n) is 12.9. The summed E-state index contributed by atoms with van der Waals surface area (Å²) < 4.78 is 1.79. The molecule has 1 aromatic carbocycles. The molecular weight excluding hydrogens is 452 g/mol. The molecule has 1 atom stereocenters. The fraction of sp³-hybridized carbons (Fsp3) is 0.429. The van der Waals surface area contributed by atoms with Gasteiger partial charge in [0.15, 0.2) is 6.23 Å². The standard InChI is InChI=1S/C28H30N6O2/c1-32-17-23(13-30-32)22-8-9-24(29-12-22)19-2-4-20(5-3-19)25-31-28(10-11-28)27(36)34(25)16-18-14-33(15-18)26(35)21-6-7-21/h2-5,8-9,12-13,17-18,21,27,36H,6-7,10-11,14-16H2,1H3. The third-order valence-electron chi connectivity index (χ3n) is 8.03. The summed E-state index contributed by atoms with van der Waals surface area (Å²) in [4.78, 5) is 26.0. The predicted molar refractivity (Wildman–Crippen MR) is 136 cm³/mol. The number of aryl methyl sites for hydroxylation is 1. The summed E-state index contributed by atoms with van der Waals surface area (Å²) in [7, 11) is 1.91. The van der Waals surface area contributed by atoms with Crippen LogP contribution in [0.5, 0.6) is 0 Å². The minimum Gasteiger partial charge on any atom is -0.371 e. The number of amides is 1. The Bertz CT molecular complexity index is 1330. The third-order valence-corrected chi connectivity index (χ3v) is 8.03. The number of amidine groups is 1.